The normalized spacial score (nSPS) is 21.0. The number of aromatic nitrogens is 4. The van der Waals surface area contributed by atoms with E-state index >= 15 is 0 Å². The van der Waals surface area contributed by atoms with Gasteiger partial charge in [0.1, 0.15) is 5.82 Å². The van der Waals surface area contributed by atoms with Crippen molar-refractivity contribution >= 4 is 16.9 Å². The first-order valence-corrected chi connectivity index (χ1v) is 8.55. The summed E-state index contributed by atoms with van der Waals surface area (Å²) in [5.41, 5.74) is 8.47. The molecule has 6 nitrogen and oxygen atoms in total. The predicted molar refractivity (Wildman–Crippen MR) is 104 cm³/mol. The van der Waals surface area contributed by atoms with Crippen molar-refractivity contribution in [1.29, 1.82) is 0 Å². The van der Waals surface area contributed by atoms with Gasteiger partial charge in [0.25, 0.3) is 0 Å². The van der Waals surface area contributed by atoms with Gasteiger partial charge in [-0.1, -0.05) is 6.07 Å². The molecule has 3 aromatic heterocycles. The molecule has 24 heavy (non-hydrogen) atoms. The molecule has 0 bridgehead atoms. The lowest BCUT2D eigenvalue weighted by molar-refractivity contribution is 0.338. The fourth-order valence-corrected chi connectivity index (χ4v) is 3.36. The van der Waals surface area contributed by atoms with E-state index in [2.05, 4.69) is 20.5 Å². The van der Waals surface area contributed by atoms with Gasteiger partial charge in [0.15, 0.2) is 5.65 Å². The van der Waals surface area contributed by atoms with Crippen LogP contribution in [-0.4, -0.2) is 32.8 Å². The van der Waals surface area contributed by atoms with Crippen LogP contribution in [0.1, 0.15) is 31.4 Å². The molecule has 0 aliphatic heterocycles. The first-order valence-electron chi connectivity index (χ1n) is 8.55. The van der Waals surface area contributed by atoms with Crippen molar-refractivity contribution in [3.63, 3.8) is 0 Å². The van der Waals surface area contributed by atoms with Crippen LogP contribution in [0.15, 0.2) is 36.5 Å². The van der Waals surface area contributed by atoms with Crippen molar-refractivity contribution in [2.24, 2.45) is 11.7 Å². The smallest absolute Gasteiger partial charge is 0.181 e. The van der Waals surface area contributed by atoms with Crippen LogP contribution in [-0.2, 0) is 0 Å². The molecule has 3 heterocycles. The van der Waals surface area contributed by atoms with Gasteiger partial charge in [-0.2, -0.15) is 5.10 Å². The number of hydrogen-bond acceptors (Lipinski definition) is 5. The standard InChI is InChI=1S/C18H22N6.4H2/c19-13-8-6-12(7-9-13)11-21-16-5-1-4-15(22-16)17-14-3-2-10-20-18(14)24-23-17;;;;/h1-5,10,12-13H,6-9,11,19H2,(H,21,22)(H,20,23,24);4*1H. The number of nitrogens with two attached hydrogens (primary N) is 1. The Balaban J connectivity index is 0.00000182. The maximum absolute atomic E-state index is 5.98. The molecule has 6 heteroatoms. The third-order valence-electron chi connectivity index (χ3n) is 4.80. The van der Waals surface area contributed by atoms with Crippen LogP contribution in [0.5, 0.6) is 0 Å². The van der Waals surface area contributed by atoms with Gasteiger partial charge >= 0.3 is 0 Å². The van der Waals surface area contributed by atoms with Gasteiger partial charge in [-0.25, -0.2) is 9.97 Å². The van der Waals surface area contributed by atoms with E-state index in [1.54, 1.807) is 6.20 Å². The Hall–Kier alpha value is -2.47. The Morgan fingerprint density at radius 3 is 2.92 bits per heavy atom. The number of nitrogens with one attached hydrogen (secondary N) is 2. The number of aromatic amines is 1. The Bertz CT molecular complexity index is 836. The fourth-order valence-electron chi connectivity index (χ4n) is 3.36. The quantitative estimate of drug-likeness (QED) is 0.674. The maximum Gasteiger partial charge on any atom is 0.181 e. The molecule has 1 aliphatic rings. The Morgan fingerprint density at radius 1 is 1.17 bits per heavy atom. The zero-order valence-corrected chi connectivity index (χ0v) is 13.6. The minimum absolute atomic E-state index is 0. The predicted octanol–water partition coefficient (Wildman–Crippen LogP) is 3.93. The first kappa shape index (κ1) is 15.1. The van der Waals surface area contributed by atoms with Crippen LogP contribution >= 0.6 is 0 Å². The summed E-state index contributed by atoms with van der Waals surface area (Å²) >= 11 is 0. The van der Waals surface area contributed by atoms with E-state index in [4.69, 9.17) is 10.7 Å². The number of pyridine rings is 2. The third-order valence-corrected chi connectivity index (χ3v) is 4.80. The average molecular weight is 330 g/mol. The van der Waals surface area contributed by atoms with Crippen LogP contribution in [0.4, 0.5) is 5.82 Å². The molecule has 132 valence electrons. The Morgan fingerprint density at radius 2 is 2.04 bits per heavy atom. The van der Waals surface area contributed by atoms with E-state index in [-0.39, 0.29) is 5.71 Å². The highest BCUT2D eigenvalue weighted by Crippen LogP contribution is 2.26. The molecule has 4 rings (SSSR count). The van der Waals surface area contributed by atoms with Gasteiger partial charge in [0.2, 0.25) is 0 Å². The zero-order chi connectivity index (χ0) is 16.4. The number of anilines is 1. The summed E-state index contributed by atoms with van der Waals surface area (Å²) in [6.45, 7) is 0.953. The minimum atomic E-state index is 0. The molecule has 0 spiro atoms. The summed E-state index contributed by atoms with van der Waals surface area (Å²) in [5, 5.41) is 11.8. The highest BCUT2D eigenvalue weighted by molar-refractivity contribution is 5.89. The molecule has 1 saturated carbocycles. The molecule has 0 aromatic carbocycles. The van der Waals surface area contributed by atoms with Crippen LogP contribution in [0, 0.1) is 5.92 Å². The van der Waals surface area contributed by atoms with Crippen molar-refractivity contribution in [3.05, 3.63) is 36.5 Å². The highest BCUT2D eigenvalue weighted by atomic mass is 15.2. The zero-order valence-electron chi connectivity index (χ0n) is 13.6. The molecule has 0 saturated heterocycles. The van der Waals surface area contributed by atoms with Gasteiger partial charge in [-0.05, 0) is 55.9 Å². The van der Waals surface area contributed by atoms with Crippen molar-refractivity contribution in [2.45, 2.75) is 31.7 Å². The number of hydrogen-bond donors (Lipinski definition) is 3. The van der Waals surface area contributed by atoms with E-state index in [1.165, 1.54) is 12.8 Å². The lowest BCUT2D eigenvalue weighted by Crippen LogP contribution is -2.29. The van der Waals surface area contributed by atoms with Crippen molar-refractivity contribution in [2.75, 3.05) is 11.9 Å². The maximum atomic E-state index is 5.98. The lowest BCUT2D eigenvalue weighted by Gasteiger charge is -2.26. The topological polar surface area (TPSA) is 92.5 Å². The SMILES string of the molecule is NC1CCC(CNc2cccc(-c3[nH]nc4ncccc34)n2)CC1.[HH].[HH].[HH].[HH]. The molecule has 1 aliphatic carbocycles. The van der Waals surface area contributed by atoms with E-state index in [9.17, 15) is 0 Å². The van der Waals surface area contributed by atoms with Gasteiger partial charge < -0.3 is 11.1 Å². The summed E-state index contributed by atoms with van der Waals surface area (Å²) in [6.07, 6.45) is 6.41. The van der Waals surface area contributed by atoms with Gasteiger partial charge in [0, 0.05) is 29.9 Å². The van der Waals surface area contributed by atoms with Gasteiger partial charge in [-0.15, -0.1) is 0 Å². The van der Waals surface area contributed by atoms with Crippen LogP contribution < -0.4 is 11.1 Å². The molecule has 3 aromatic rings. The third kappa shape index (κ3) is 3.10. The second-order valence-electron chi connectivity index (χ2n) is 6.54. The van der Waals surface area contributed by atoms with E-state index < -0.39 is 0 Å². The van der Waals surface area contributed by atoms with E-state index in [0.717, 1.165) is 42.0 Å². The van der Waals surface area contributed by atoms with Crippen molar-refractivity contribution < 1.29 is 5.71 Å². The Labute approximate surface area is 146 Å². The minimum Gasteiger partial charge on any atom is -0.370 e. The largest absolute Gasteiger partial charge is 0.370 e. The lowest BCUT2D eigenvalue weighted by atomic mass is 9.86. The molecule has 0 unspecified atom stereocenters. The van der Waals surface area contributed by atoms with E-state index in [0.29, 0.717) is 17.6 Å². The summed E-state index contributed by atoms with van der Waals surface area (Å²) in [4.78, 5) is 8.99. The number of fused-ring (bicyclic) bond motifs is 1. The summed E-state index contributed by atoms with van der Waals surface area (Å²) < 4.78 is 0. The highest BCUT2D eigenvalue weighted by Gasteiger charge is 2.18. The van der Waals surface area contributed by atoms with Gasteiger partial charge in [-0.3, -0.25) is 5.10 Å². The summed E-state index contributed by atoms with van der Waals surface area (Å²) in [6, 6.07) is 10.3. The van der Waals surface area contributed by atoms with Crippen LogP contribution in [0.3, 0.4) is 0 Å². The van der Waals surface area contributed by atoms with Crippen LogP contribution in [0.2, 0.25) is 0 Å². The molecular formula is C18H30N6. The summed E-state index contributed by atoms with van der Waals surface area (Å²) in [7, 11) is 0. The molecule has 1 fully saturated rings. The number of nitrogens with zero attached hydrogens (tertiary/aromatic N) is 3. The van der Waals surface area contributed by atoms with Crippen molar-refractivity contribution in [3.8, 4) is 11.4 Å². The molecule has 0 radical (unpaired) electrons. The average Bonchev–Trinajstić information content (AvgIpc) is 3.06. The molecule has 0 atom stereocenters. The fraction of sp³-hybridized carbons (Fsp3) is 0.389. The van der Waals surface area contributed by atoms with Crippen LogP contribution in [0.25, 0.3) is 22.4 Å². The molecule has 4 N–H and O–H groups in total. The first-order chi connectivity index (χ1) is 11.8. The van der Waals surface area contributed by atoms with Gasteiger partial charge in [0.05, 0.1) is 11.4 Å². The monoisotopic (exact) mass is 330 g/mol. The molecule has 0 amide bonds. The van der Waals surface area contributed by atoms with E-state index in [1.807, 2.05) is 30.3 Å². The second kappa shape index (κ2) is 6.57. The molecular weight excluding hydrogens is 300 g/mol. The number of rotatable bonds is 4. The number of H-pyrrole nitrogens is 1. The Kier molecular flexibility index (Phi) is 4.13. The summed E-state index contributed by atoms with van der Waals surface area (Å²) in [5.74, 6) is 1.58. The van der Waals surface area contributed by atoms with Crippen molar-refractivity contribution in [1.82, 2.24) is 20.2 Å². The second-order valence-corrected chi connectivity index (χ2v) is 6.54.